The van der Waals surface area contributed by atoms with Crippen LogP contribution in [0.5, 0.6) is 17.4 Å². The number of nitrogens with zero attached hydrogens (tertiary/aromatic N) is 4. The summed E-state index contributed by atoms with van der Waals surface area (Å²) in [7, 11) is 1.60. The normalized spacial score (nSPS) is 10.4. The highest BCUT2D eigenvalue weighted by molar-refractivity contribution is 6.03. The van der Waals surface area contributed by atoms with Crippen molar-refractivity contribution in [3.05, 3.63) is 90.4 Å². The Labute approximate surface area is 173 Å². The number of carbonyl (C=O) groups is 1. The van der Waals surface area contributed by atoms with Crippen molar-refractivity contribution in [2.24, 2.45) is 0 Å². The molecular weight excluding hydrogens is 382 g/mol. The molecule has 8 heteroatoms. The summed E-state index contributed by atoms with van der Waals surface area (Å²) in [6.07, 6.45) is 3.19. The van der Waals surface area contributed by atoms with Gasteiger partial charge in [0.05, 0.1) is 19.9 Å². The second-order valence-electron chi connectivity index (χ2n) is 6.37. The summed E-state index contributed by atoms with van der Waals surface area (Å²) in [5, 5.41) is 10.8. The quantitative estimate of drug-likeness (QED) is 0.507. The lowest BCUT2D eigenvalue weighted by Gasteiger charge is -2.10. The molecule has 1 amide bonds. The minimum Gasteiger partial charge on any atom is -0.497 e. The van der Waals surface area contributed by atoms with Gasteiger partial charge >= 0.3 is 0 Å². The summed E-state index contributed by atoms with van der Waals surface area (Å²) in [5.41, 5.74) is 1.69. The number of benzene rings is 2. The maximum Gasteiger partial charge on any atom is 0.277 e. The fraction of sp³-hybridized carbons (Fsp3) is 0.0909. The molecule has 0 fully saturated rings. The lowest BCUT2D eigenvalue weighted by molar-refractivity contribution is 0.102. The van der Waals surface area contributed by atoms with Gasteiger partial charge in [0.2, 0.25) is 5.88 Å². The van der Waals surface area contributed by atoms with E-state index in [1.807, 2.05) is 30.3 Å². The van der Waals surface area contributed by atoms with Crippen LogP contribution >= 0.6 is 0 Å². The molecule has 0 unspecified atom stereocenters. The van der Waals surface area contributed by atoms with Crippen LogP contribution in [0.4, 0.5) is 5.69 Å². The summed E-state index contributed by atoms with van der Waals surface area (Å²) in [6, 6.07) is 20.3. The molecule has 0 radical (unpaired) electrons. The molecule has 0 saturated heterocycles. The van der Waals surface area contributed by atoms with Crippen LogP contribution in [0, 0.1) is 0 Å². The maximum atomic E-state index is 12.6. The molecule has 2 aromatic carbocycles. The van der Waals surface area contributed by atoms with Gasteiger partial charge in [0.1, 0.15) is 17.2 Å². The van der Waals surface area contributed by atoms with Crippen molar-refractivity contribution in [3.63, 3.8) is 0 Å². The molecule has 4 rings (SSSR count). The van der Waals surface area contributed by atoms with Crippen molar-refractivity contribution < 1.29 is 14.3 Å². The first kappa shape index (κ1) is 19.1. The van der Waals surface area contributed by atoms with Crippen LogP contribution in [0.15, 0.2) is 79.1 Å². The molecule has 1 N–H and O–H groups in total. The Hall–Kier alpha value is -4.20. The molecule has 2 heterocycles. The zero-order valence-electron chi connectivity index (χ0n) is 16.2. The van der Waals surface area contributed by atoms with Gasteiger partial charge in [-0.15, -0.1) is 5.10 Å². The van der Waals surface area contributed by atoms with Crippen molar-refractivity contribution in [2.75, 3.05) is 12.4 Å². The Morgan fingerprint density at radius 2 is 1.77 bits per heavy atom. The number of hydrogen-bond donors (Lipinski definition) is 1. The lowest BCUT2D eigenvalue weighted by Crippen LogP contribution is -2.13. The second kappa shape index (κ2) is 8.87. The van der Waals surface area contributed by atoms with E-state index >= 15 is 0 Å². The molecule has 0 atom stereocenters. The van der Waals surface area contributed by atoms with E-state index in [4.69, 9.17) is 9.47 Å². The summed E-state index contributed by atoms with van der Waals surface area (Å²) in [5.74, 6) is 1.16. The summed E-state index contributed by atoms with van der Waals surface area (Å²) >= 11 is 0. The van der Waals surface area contributed by atoms with Crippen LogP contribution in [0.1, 0.15) is 16.1 Å². The number of anilines is 1. The zero-order chi connectivity index (χ0) is 20.8. The fourth-order valence-corrected chi connectivity index (χ4v) is 2.76. The van der Waals surface area contributed by atoms with E-state index in [0.717, 1.165) is 11.3 Å². The third-order valence-corrected chi connectivity index (χ3v) is 4.25. The van der Waals surface area contributed by atoms with Gasteiger partial charge in [0.25, 0.3) is 5.91 Å². The van der Waals surface area contributed by atoms with Crippen molar-refractivity contribution in [1.29, 1.82) is 0 Å². The van der Waals surface area contributed by atoms with Crippen LogP contribution < -0.4 is 14.8 Å². The van der Waals surface area contributed by atoms with E-state index in [1.54, 1.807) is 60.6 Å². The van der Waals surface area contributed by atoms with E-state index in [-0.39, 0.29) is 11.6 Å². The average Bonchev–Trinajstić information content (AvgIpc) is 3.25. The molecule has 150 valence electrons. The molecule has 0 spiro atoms. The van der Waals surface area contributed by atoms with E-state index in [2.05, 4.69) is 20.6 Å². The summed E-state index contributed by atoms with van der Waals surface area (Å²) in [6.45, 7) is 0.528. The van der Waals surface area contributed by atoms with E-state index < -0.39 is 5.91 Å². The molecule has 2 aromatic heterocycles. The standard InChI is InChI=1S/C22H19N5O3/c1-29-17-9-11-18(12-10-17)30-22-19(8-5-13-23-22)24-21(28)20-15-27(26-25-20)14-16-6-3-2-4-7-16/h2-13,15H,14H2,1H3,(H,24,28). The zero-order valence-corrected chi connectivity index (χ0v) is 16.2. The minimum atomic E-state index is -0.401. The number of carbonyl (C=O) groups excluding carboxylic acids is 1. The first-order valence-electron chi connectivity index (χ1n) is 9.23. The Morgan fingerprint density at radius 1 is 1.00 bits per heavy atom. The largest absolute Gasteiger partial charge is 0.497 e. The Balaban J connectivity index is 1.46. The second-order valence-corrected chi connectivity index (χ2v) is 6.37. The van der Waals surface area contributed by atoms with E-state index in [1.165, 1.54) is 0 Å². The van der Waals surface area contributed by atoms with Crippen molar-refractivity contribution in [2.45, 2.75) is 6.54 Å². The number of pyridine rings is 1. The van der Waals surface area contributed by atoms with Gasteiger partial charge in [-0.2, -0.15) is 0 Å². The predicted molar refractivity (Wildman–Crippen MR) is 111 cm³/mol. The lowest BCUT2D eigenvalue weighted by atomic mass is 10.2. The average molecular weight is 401 g/mol. The van der Waals surface area contributed by atoms with Crippen molar-refractivity contribution in [3.8, 4) is 17.4 Å². The highest BCUT2D eigenvalue weighted by atomic mass is 16.5. The number of nitrogens with one attached hydrogen (secondary N) is 1. The number of rotatable bonds is 7. The SMILES string of the molecule is COc1ccc(Oc2ncccc2NC(=O)c2cn(Cc3ccccc3)nn2)cc1. The number of hydrogen-bond acceptors (Lipinski definition) is 6. The van der Waals surface area contributed by atoms with Gasteiger partial charge in [-0.25, -0.2) is 9.67 Å². The van der Waals surface area contributed by atoms with E-state index in [0.29, 0.717) is 18.0 Å². The Bertz CT molecular complexity index is 1130. The number of aromatic nitrogens is 4. The topological polar surface area (TPSA) is 91.2 Å². The monoisotopic (exact) mass is 401 g/mol. The third kappa shape index (κ3) is 4.61. The molecule has 0 bridgehead atoms. The van der Waals surface area contributed by atoms with Gasteiger partial charge in [0.15, 0.2) is 5.69 Å². The van der Waals surface area contributed by atoms with Gasteiger partial charge < -0.3 is 14.8 Å². The predicted octanol–water partition coefficient (Wildman–Crippen LogP) is 3.77. The Kier molecular flexibility index (Phi) is 5.66. The highest BCUT2D eigenvalue weighted by Gasteiger charge is 2.15. The van der Waals surface area contributed by atoms with Gasteiger partial charge in [-0.1, -0.05) is 35.5 Å². The van der Waals surface area contributed by atoms with Gasteiger partial charge in [-0.05, 0) is 42.0 Å². The van der Waals surface area contributed by atoms with Crippen molar-refractivity contribution in [1.82, 2.24) is 20.0 Å². The molecule has 0 saturated carbocycles. The Morgan fingerprint density at radius 3 is 2.53 bits per heavy atom. The van der Waals surface area contributed by atoms with Crippen LogP contribution in [-0.4, -0.2) is 33.0 Å². The molecule has 8 nitrogen and oxygen atoms in total. The van der Waals surface area contributed by atoms with Crippen LogP contribution in [0.25, 0.3) is 0 Å². The minimum absolute atomic E-state index is 0.199. The van der Waals surface area contributed by atoms with E-state index in [9.17, 15) is 4.79 Å². The third-order valence-electron chi connectivity index (χ3n) is 4.25. The molecule has 0 aliphatic heterocycles. The van der Waals surface area contributed by atoms with Gasteiger partial charge in [0, 0.05) is 6.20 Å². The molecule has 0 aliphatic rings. The maximum absolute atomic E-state index is 12.6. The van der Waals surface area contributed by atoms with Crippen LogP contribution in [0.3, 0.4) is 0 Å². The number of amides is 1. The highest BCUT2D eigenvalue weighted by Crippen LogP contribution is 2.28. The number of ether oxygens (including phenoxy) is 2. The first-order valence-corrected chi connectivity index (χ1v) is 9.23. The van der Waals surface area contributed by atoms with Crippen LogP contribution in [0.2, 0.25) is 0 Å². The van der Waals surface area contributed by atoms with Gasteiger partial charge in [-0.3, -0.25) is 4.79 Å². The number of methoxy groups -OCH3 is 1. The smallest absolute Gasteiger partial charge is 0.277 e. The molecule has 30 heavy (non-hydrogen) atoms. The van der Waals surface area contributed by atoms with Crippen molar-refractivity contribution >= 4 is 11.6 Å². The fourth-order valence-electron chi connectivity index (χ4n) is 2.76. The first-order chi connectivity index (χ1) is 14.7. The summed E-state index contributed by atoms with van der Waals surface area (Å²) < 4.78 is 12.6. The van der Waals surface area contributed by atoms with Crippen LogP contribution in [-0.2, 0) is 6.54 Å². The molecule has 4 aromatic rings. The molecular formula is C22H19N5O3. The summed E-state index contributed by atoms with van der Waals surface area (Å²) in [4.78, 5) is 16.9. The molecule has 0 aliphatic carbocycles.